The number of carbonyl (C=O) groups excluding carboxylic acids is 1. The number of nitrogens with zero attached hydrogens (tertiary/aromatic N) is 2. The lowest BCUT2D eigenvalue weighted by Gasteiger charge is -2.33. The fraction of sp³-hybridized carbons (Fsp3) is 0.375. The lowest BCUT2D eigenvalue weighted by molar-refractivity contribution is -0.123. The Hall–Kier alpha value is -2.48. The van der Waals surface area contributed by atoms with Gasteiger partial charge in [-0.1, -0.05) is 74.5 Å². The number of rotatable bonds is 8. The Balaban J connectivity index is 1.51. The van der Waals surface area contributed by atoms with Crippen LogP contribution in [0.15, 0.2) is 66.1 Å². The van der Waals surface area contributed by atoms with Gasteiger partial charge in [-0.25, -0.2) is 8.42 Å². The fourth-order valence-electron chi connectivity index (χ4n) is 3.67. The predicted molar refractivity (Wildman–Crippen MR) is 125 cm³/mol. The number of sulfonamides is 1. The van der Waals surface area contributed by atoms with E-state index in [0.717, 1.165) is 11.1 Å². The largest absolute Gasteiger partial charge is 0.348 e. The normalized spacial score (nSPS) is 17.1. The second-order valence-corrected chi connectivity index (χ2v) is 9.95. The summed E-state index contributed by atoms with van der Waals surface area (Å²) in [7, 11) is -3.47. The number of benzene rings is 2. The van der Waals surface area contributed by atoms with E-state index in [1.165, 1.54) is 9.71 Å². The summed E-state index contributed by atoms with van der Waals surface area (Å²) in [6, 6.07) is 19.3. The van der Waals surface area contributed by atoms with Gasteiger partial charge in [0, 0.05) is 31.6 Å². The molecule has 0 bridgehead atoms. The van der Waals surface area contributed by atoms with Gasteiger partial charge in [-0.15, -0.1) is 0 Å². The van der Waals surface area contributed by atoms with E-state index in [-0.39, 0.29) is 24.4 Å². The fourth-order valence-corrected chi connectivity index (χ4v) is 4.85. The first-order valence-electron chi connectivity index (χ1n) is 10.6. The lowest BCUT2D eigenvalue weighted by atomic mass is 9.96. The molecule has 1 aliphatic rings. The summed E-state index contributed by atoms with van der Waals surface area (Å²) in [5.74, 6) is 0.229. The second-order valence-electron chi connectivity index (χ2n) is 8.13. The summed E-state index contributed by atoms with van der Waals surface area (Å²) >= 11 is 0. The van der Waals surface area contributed by atoms with Crippen molar-refractivity contribution in [3.8, 4) is 0 Å². The third-order valence-electron chi connectivity index (χ3n) is 5.43. The summed E-state index contributed by atoms with van der Waals surface area (Å²) in [6.45, 7) is 6.26. The highest BCUT2D eigenvalue weighted by Gasteiger charge is 2.27. The average Bonchev–Trinajstić information content (AvgIpc) is 2.78. The Morgan fingerprint density at radius 2 is 1.55 bits per heavy atom. The highest BCUT2D eigenvalue weighted by atomic mass is 32.2. The van der Waals surface area contributed by atoms with E-state index in [9.17, 15) is 13.2 Å². The van der Waals surface area contributed by atoms with Crippen LogP contribution >= 0.6 is 0 Å². The topological polar surface area (TPSA) is 69.7 Å². The number of hydrogen-bond acceptors (Lipinski definition) is 4. The van der Waals surface area contributed by atoms with Crippen LogP contribution in [-0.2, 0) is 14.8 Å². The molecule has 166 valence electrons. The van der Waals surface area contributed by atoms with Crippen LogP contribution in [-0.4, -0.2) is 56.3 Å². The first-order valence-corrected chi connectivity index (χ1v) is 12.2. The minimum atomic E-state index is -3.47. The lowest BCUT2D eigenvalue weighted by Crippen LogP contribution is -2.51. The average molecular weight is 442 g/mol. The van der Waals surface area contributed by atoms with Gasteiger partial charge in [-0.3, -0.25) is 9.69 Å². The van der Waals surface area contributed by atoms with Gasteiger partial charge in [-0.2, -0.15) is 4.31 Å². The monoisotopic (exact) mass is 441 g/mol. The molecule has 3 rings (SSSR count). The van der Waals surface area contributed by atoms with E-state index in [1.807, 2.05) is 65.6 Å². The van der Waals surface area contributed by atoms with Crippen molar-refractivity contribution in [3.63, 3.8) is 0 Å². The van der Waals surface area contributed by atoms with Crippen molar-refractivity contribution in [1.82, 2.24) is 14.5 Å². The number of carbonyl (C=O) groups is 1. The van der Waals surface area contributed by atoms with Crippen LogP contribution in [0.4, 0.5) is 0 Å². The molecule has 6 nitrogen and oxygen atoms in total. The van der Waals surface area contributed by atoms with Crippen LogP contribution in [0.3, 0.4) is 0 Å². The zero-order valence-electron chi connectivity index (χ0n) is 18.1. The van der Waals surface area contributed by atoms with Crippen LogP contribution in [0.5, 0.6) is 0 Å². The Morgan fingerprint density at radius 1 is 0.968 bits per heavy atom. The van der Waals surface area contributed by atoms with Gasteiger partial charge in [0.25, 0.3) is 0 Å². The molecule has 0 saturated carbocycles. The van der Waals surface area contributed by atoms with Gasteiger partial charge in [0.1, 0.15) is 0 Å². The molecule has 1 heterocycles. The first-order chi connectivity index (χ1) is 14.8. The summed E-state index contributed by atoms with van der Waals surface area (Å²) in [4.78, 5) is 14.6. The number of piperazine rings is 1. The molecule has 1 N–H and O–H groups in total. The zero-order valence-corrected chi connectivity index (χ0v) is 19.0. The van der Waals surface area contributed by atoms with E-state index in [4.69, 9.17) is 0 Å². The Labute approximate surface area is 185 Å². The molecule has 2 aromatic carbocycles. The predicted octanol–water partition coefficient (Wildman–Crippen LogP) is 3.12. The summed E-state index contributed by atoms with van der Waals surface area (Å²) in [6.07, 6.45) is 1.62. The minimum Gasteiger partial charge on any atom is -0.348 e. The molecule has 0 radical (unpaired) electrons. The van der Waals surface area contributed by atoms with Crippen LogP contribution in [0.2, 0.25) is 0 Å². The van der Waals surface area contributed by atoms with Crippen molar-refractivity contribution < 1.29 is 13.2 Å². The van der Waals surface area contributed by atoms with Gasteiger partial charge in [0.15, 0.2) is 0 Å². The summed E-state index contributed by atoms with van der Waals surface area (Å²) in [5.41, 5.74) is 1.94. The Morgan fingerprint density at radius 3 is 2.13 bits per heavy atom. The molecule has 1 saturated heterocycles. The highest BCUT2D eigenvalue weighted by molar-refractivity contribution is 7.92. The van der Waals surface area contributed by atoms with E-state index in [1.54, 1.807) is 6.08 Å². The maximum atomic E-state index is 12.6. The van der Waals surface area contributed by atoms with Crippen LogP contribution in [0.25, 0.3) is 6.08 Å². The molecular weight excluding hydrogens is 410 g/mol. The SMILES string of the molecule is CC(C)C(NC(=O)CN1CCN(S(=O)(=O)/C=C/c2ccccc2)CC1)c1ccccc1. The highest BCUT2D eigenvalue weighted by Crippen LogP contribution is 2.21. The molecule has 1 aliphatic heterocycles. The van der Waals surface area contributed by atoms with E-state index in [2.05, 4.69) is 19.2 Å². The molecular formula is C24H31N3O3S. The Kier molecular flexibility index (Phi) is 8.01. The van der Waals surface area contributed by atoms with Gasteiger partial charge in [0.2, 0.25) is 15.9 Å². The van der Waals surface area contributed by atoms with Gasteiger partial charge < -0.3 is 5.32 Å². The Bertz CT molecular complexity index is 968. The van der Waals surface area contributed by atoms with Gasteiger partial charge in [0.05, 0.1) is 12.6 Å². The molecule has 31 heavy (non-hydrogen) atoms. The molecule has 2 aromatic rings. The van der Waals surface area contributed by atoms with Crippen molar-refractivity contribution in [3.05, 3.63) is 77.2 Å². The third-order valence-corrected chi connectivity index (χ3v) is 7.00. The van der Waals surface area contributed by atoms with Gasteiger partial charge >= 0.3 is 0 Å². The summed E-state index contributed by atoms with van der Waals surface area (Å²) in [5, 5.41) is 4.40. The second kappa shape index (κ2) is 10.7. The van der Waals surface area contributed by atoms with Crippen LogP contribution in [0, 0.1) is 5.92 Å². The minimum absolute atomic E-state index is 0.0390. The molecule has 7 heteroatoms. The van der Waals surface area contributed by atoms with Crippen molar-refractivity contribution in [2.45, 2.75) is 19.9 Å². The molecule has 1 fully saturated rings. The van der Waals surface area contributed by atoms with Gasteiger partial charge in [-0.05, 0) is 23.1 Å². The van der Waals surface area contributed by atoms with Crippen LogP contribution in [0.1, 0.15) is 31.0 Å². The van der Waals surface area contributed by atoms with E-state index < -0.39 is 10.0 Å². The smallest absolute Gasteiger partial charge is 0.236 e. The van der Waals surface area contributed by atoms with Crippen molar-refractivity contribution in [2.75, 3.05) is 32.7 Å². The molecule has 1 amide bonds. The molecule has 0 aliphatic carbocycles. The number of hydrogen-bond donors (Lipinski definition) is 1. The maximum Gasteiger partial charge on any atom is 0.236 e. The molecule has 1 unspecified atom stereocenters. The van der Waals surface area contributed by atoms with E-state index >= 15 is 0 Å². The standard InChI is InChI=1S/C24H31N3O3S/c1-20(2)24(22-11-7-4-8-12-22)25-23(28)19-26-14-16-27(17-15-26)31(29,30)18-13-21-9-5-3-6-10-21/h3-13,18,20,24H,14-17,19H2,1-2H3,(H,25,28)/b18-13+. The zero-order chi connectivity index (χ0) is 22.3. The van der Waals surface area contributed by atoms with Crippen LogP contribution < -0.4 is 5.32 Å². The van der Waals surface area contributed by atoms with E-state index in [0.29, 0.717) is 26.2 Å². The molecule has 0 aromatic heterocycles. The number of nitrogens with one attached hydrogen (secondary N) is 1. The first kappa shape index (κ1) is 23.2. The quantitative estimate of drug-likeness (QED) is 0.683. The van der Waals surface area contributed by atoms with Crippen molar-refractivity contribution >= 4 is 22.0 Å². The van der Waals surface area contributed by atoms with Crippen molar-refractivity contribution in [1.29, 1.82) is 0 Å². The summed E-state index contributed by atoms with van der Waals surface area (Å²) < 4.78 is 26.7. The maximum absolute atomic E-state index is 12.6. The third kappa shape index (κ3) is 6.75. The van der Waals surface area contributed by atoms with Crippen molar-refractivity contribution in [2.24, 2.45) is 5.92 Å². The number of amides is 1. The molecule has 0 spiro atoms. The molecule has 1 atom stereocenters.